The van der Waals surface area contributed by atoms with Crippen LogP contribution in [0.4, 0.5) is 17.6 Å². The number of hydrogen-bond acceptors (Lipinski definition) is 8. The third kappa shape index (κ3) is 9.31. The van der Waals surface area contributed by atoms with Gasteiger partial charge in [0.15, 0.2) is 0 Å². The molecule has 3 atom stereocenters. The summed E-state index contributed by atoms with van der Waals surface area (Å²) in [6.45, 7) is 0. The molecule has 240 valence electrons. The molecule has 0 aliphatic rings. The molecule has 3 unspecified atom stereocenters. The highest BCUT2D eigenvalue weighted by Gasteiger charge is 2.31. The maximum atomic E-state index is 13.9. The van der Waals surface area contributed by atoms with Gasteiger partial charge in [0.1, 0.15) is 23.3 Å². The Kier molecular flexibility index (Phi) is 12.1. The van der Waals surface area contributed by atoms with Crippen molar-refractivity contribution in [3.8, 4) is 0 Å². The lowest BCUT2D eigenvalue weighted by Crippen LogP contribution is -2.33. The van der Waals surface area contributed by atoms with Crippen LogP contribution < -0.4 is 5.48 Å². The van der Waals surface area contributed by atoms with Gasteiger partial charge in [-0.1, -0.05) is 64.9 Å². The van der Waals surface area contributed by atoms with Gasteiger partial charge in [-0.25, -0.2) is 17.6 Å². The molecule has 46 heavy (non-hydrogen) atoms. The Hall–Kier alpha value is -4.88. The summed E-state index contributed by atoms with van der Waals surface area (Å²) < 4.78 is 54.7. The van der Waals surface area contributed by atoms with E-state index >= 15 is 0 Å². The van der Waals surface area contributed by atoms with Crippen molar-refractivity contribution < 1.29 is 38.4 Å². The van der Waals surface area contributed by atoms with E-state index in [0.717, 1.165) is 5.06 Å². The van der Waals surface area contributed by atoms with Gasteiger partial charge >= 0.3 is 0 Å². The molecule has 4 aromatic carbocycles. The largest absolute Gasteiger partial charge is 0.411 e. The van der Waals surface area contributed by atoms with Gasteiger partial charge in [-0.2, -0.15) is 10.5 Å². The SMILES string of the molecule is O/N=C(\C=C\c1ccc(F)cc1)CC(c1ccc(F)cc1)N(O)C(C/C(CC(NO)c1ccc(F)cc1)=N/O)c1ccc(F)cc1. The number of nitrogens with one attached hydrogen (secondary N) is 1. The lowest BCUT2D eigenvalue weighted by molar-refractivity contribution is -0.161. The maximum absolute atomic E-state index is 13.9. The van der Waals surface area contributed by atoms with E-state index in [2.05, 4.69) is 15.8 Å². The lowest BCUT2D eigenvalue weighted by Gasteiger charge is -2.34. The Labute approximate surface area is 262 Å². The van der Waals surface area contributed by atoms with E-state index < -0.39 is 41.4 Å². The van der Waals surface area contributed by atoms with Gasteiger partial charge in [0, 0.05) is 19.3 Å². The average Bonchev–Trinajstić information content (AvgIpc) is 3.07. The van der Waals surface area contributed by atoms with E-state index in [1.807, 2.05) is 0 Å². The molecule has 0 amide bonds. The predicted molar refractivity (Wildman–Crippen MR) is 164 cm³/mol. The molecule has 0 radical (unpaired) electrons. The van der Waals surface area contributed by atoms with Crippen LogP contribution in [0.1, 0.15) is 59.6 Å². The molecular formula is C34H32F4N4O4. The molecule has 0 bridgehead atoms. The molecule has 0 fully saturated rings. The number of halogens is 4. The first kappa shape index (κ1) is 34.0. The van der Waals surface area contributed by atoms with Crippen LogP contribution in [-0.4, -0.2) is 37.3 Å². The quantitative estimate of drug-likeness (QED) is 0.0414. The van der Waals surface area contributed by atoms with E-state index in [0.29, 0.717) is 22.3 Å². The van der Waals surface area contributed by atoms with Crippen LogP contribution in [0.15, 0.2) is 113 Å². The number of hydrogen-bond donors (Lipinski definition) is 5. The van der Waals surface area contributed by atoms with Crippen LogP contribution >= 0.6 is 0 Å². The van der Waals surface area contributed by atoms with Crippen LogP contribution in [-0.2, 0) is 0 Å². The standard InChI is InChI=1S/C34H32F4N4O4/c35-26-10-1-22(2-11-26)3-18-30(39-43)20-33(24-6-14-28(37)15-7-24)42(46)34(25-8-16-29(38)17-9-25)21-31(40-44)19-32(41-45)23-4-12-27(36)13-5-23/h1-18,32-34,41,43-46H,19-21H2/b18-3+,39-30+,40-31+. The fourth-order valence-electron chi connectivity index (χ4n) is 4.98. The van der Waals surface area contributed by atoms with Gasteiger partial charge in [-0.15, -0.1) is 0 Å². The Morgan fingerprint density at radius 3 is 1.50 bits per heavy atom. The van der Waals surface area contributed by atoms with Crippen molar-refractivity contribution >= 4 is 17.5 Å². The molecule has 4 aromatic rings. The van der Waals surface area contributed by atoms with Crippen LogP contribution in [0.3, 0.4) is 0 Å². The highest BCUT2D eigenvalue weighted by Crippen LogP contribution is 2.35. The molecule has 12 heteroatoms. The first-order valence-corrected chi connectivity index (χ1v) is 14.2. The lowest BCUT2D eigenvalue weighted by atomic mass is 9.92. The van der Waals surface area contributed by atoms with Gasteiger partial charge in [-0.3, -0.25) is 0 Å². The van der Waals surface area contributed by atoms with Crippen molar-refractivity contribution in [1.29, 1.82) is 0 Å². The van der Waals surface area contributed by atoms with Crippen molar-refractivity contribution in [3.63, 3.8) is 0 Å². The maximum Gasteiger partial charge on any atom is 0.123 e. The first-order chi connectivity index (χ1) is 22.2. The fraction of sp³-hybridized carbons (Fsp3) is 0.176. The summed E-state index contributed by atoms with van der Waals surface area (Å²) >= 11 is 0. The van der Waals surface area contributed by atoms with Crippen LogP contribution in [0.2, 0.25) is 0 Å². The Morgan fingerprint density at radius 1 is 0.630 bits per heavy atom. The van der Waals surface area contributed by atoms with E-state index in [1.54, 1.807) is 6.08 Å². The Balaban J connectivity index is 1.68. The highest BCUT2D eigenvalue weighted by molar-refractivity contribution is 5.98. The highest BCUT2D eigenvalue weighted by atomic mass is 19.1. The third-order valence-electron chi connectivity index (χ3n) is 7.46. The summed E-state index contributed by atoms with van der Waals surface area (Å²) in [5, 5.41) is 49.2. The van der Waals surface area contributed by atoms with Crippen molar-refractivity contribution in [2.45, 2.75) is 37.4 Å². The second kappa shape index (κ2) is 16.4. The molecular weight excluding hydrogens is 604 g/mol. The minimum Gasteiger partial charge on any atom is -0.411 e. The second-order valence-corrected chi connectivity index (χ2v) is 10.5. The minimum absolute atomic E-state index is 0.0743. The zero-order chi connectivity index (χ0) is 33.1. The van der Waals surface area contributed by atoms with Crippen LogP contribution in [0.25, 0.3) is 6.08 Å². The number of allylic oxidation sites excluding steroid dienone is 1. The summed E-state index contributed by atoms with van der Waals surface area (Å²) in [5.74, 6) is -1.95. The summed E-state index contributed by atoms with van der Waals surface area (Å²) in [6, 6.07) is 18.7. The molecule has 0 aromatic heterocycles. The van der Waals surface area contributed by atoms with Gasteiger partial charge < -0.3 is 20.8 Å². The monoisotopic (exact) mass is 636 g/mol. The summed E-state index contributed by atoms with van der Waals surface area (Å²) in [6.07, 6.45) is 2.73. The summed E-state index contributed by atoms with van der Waals surface area (Å²) in [4.78, 5) is 0. The molecule has 0 saturated carbocycles. The number of oxime groups is 2. The Morgan fingerprint density at radius 2 is 1.07 bits per heavy atom. The van der Waals surface area contributed by atoms with Gasteiger partial charge in [0.25, 0.3) is 0 Å². The van der Waals surface area contributed by atoms with Crippen molar-refractivity contribution in [2.24, 2.45) is 10.3 Å². The molecule has 0 heterocycles. The van der Waals surface area contributed by atoms with Crippen LogP contribution in [0, 0.1) is 23.3 Å². The van der Waals surface area contributed by atoms with E-state index in [4.69, 9.17) is 0 Å². The van der Waals surface area contributed by atoms with E-state index in [1.165, 1.54) is 103 Å². The fourth-order valence-corrected chi connectivity index (χ4v) is 4.98. The van der Waals surface area contributed by atoms with Crippen molar-refractivity contribution in [2.75, 3.05) is 0 Å². The van der Waals surface area contributed by atoms with E-state index in [-0.39, 0.29) is 30.7 Å². The van der Waals surface area contributed by atoms with Crippen LogP contribution in [0.5, 0.6) is 0 Å². The zero-order valence-corrected chi connectivity index (χ0v) is 24.4. The smallest absolute Gasteiger partial charge is 0.123 e. The molecule has 0 aliphatic carbocycles. The normalized spacial score (nSPS) is 14.5. The molecule has 0 spiro atoms. The molecule has 0 aliphatic heterocycles. The second-order valence-electron chi connectivity index (χ2n) is 10.5. The van der Waals surface area contributed by atoms with Crippen molar-refractivity contribution in [1.82, 2.24) is 10.5 Å². The van der Waals surface area contributed by atoms with Gasteiger partial charge in [0.2, 0.25) is 0 Å². The summed E-state index contributed by atoms with van der Waals surface area (Å²) in [7, 11) is 0. The molecule has 5 N–H and O–H groups in total. The number of nitrogens with zero attached hydrogens (tertiary/aromatic N) is 3. The first-order valence-electron chi connectivity index (χ1n) is 14.2. The molecule has 8 nitrogen and oxygen atoms in total. The molecule has 0 saturated heterocycles. The van der Waals surface area contributed by atoms with Crippen molar-refractivity contribution in [3.05, 3.63) is 149 Å². The molecule has 4 rings (SSSR count). The number of hydroxylamine groups is 3. The Bertz CT molecular complexity index is 1630. The van der Waals surface area contributed by atoms with Gasteiger partial charge in [-0.05, 0) is 76.9 Å². The number of benzene rings is 4. The predicted octanol–water partition coefficient (Wildman–Crippen LogP) is 7.98. The zero-order valence-electron chi connectivity index (χ0n) is 24.4. The summed E-state index contributed by atoms with van der Waals surface area (Å²) in [5.41, 5.74) is 4.28. The topological polar surface area (TPSA) is 121 Å². The minimum atomic E-state index is -1.00. The third-order valence-corrected chi connectivity index (χ3v) is 7.46. The average molecular weight is 637 g/mol. The number of rotatable bonds is 14. The van der Waals surface area contributed by atoms with E-state index in [9.17, 15) is 38.4 Å². The van der Waals surface area contributed by atoms with Gasteiger partial charge in [0.05, 0.1) is 29.5 Å².